The Morgan fingerprint density at radius 3 is 2.50 bits per heavy atom. The molecule has 0 aromatic heterocycles. The lowest BCUT2D eigenvalue weighted by atomic mass is 9.72. The van der Waals surface area contributed by atoms with Gasteiger partial charge in [-0.25, -0.2) is 0 Å². The maximum Gasteiger partial charge on any atom is 0.134 e. The number of Topliss-reactive ketones (excluding diaryl/α,β-unsaturated/α-hetero) is 1. The largest absolute Gasteiger partial charge is 0.300 e. The van der Waals surface area contributed by atoms with Crippen LogP contribution in [-0.2, 0) is 15.6 Å². The third-order valence-corrected chi connectivity index (χ3v) is 5.47. The Morgan fingerprint density at radius 2 is 1.93 bits per heavy atom. The molecular weight excluding hydrogens is 196 g/mol. The van der Waals surface area contributed by atoms with Crippen molar-refractivity contribution >= 4 is 16.6 Å². The summed E-state index contributed by atoms with van der Waals surface area (Å²) >= 11 is 0. The molecule has 1 spiro atoms. The first kappa shape index (κ1) is 10.3. The second kappa shape index (κ2) is 3.76. The molecule has 2 aliphatic carbocycles. The van der Waals surface area contributed by atoms with Gasteiger partial charge in [0, 0.05) is 35.1 Å². The van der Waals surface area contributed by atoms with Crippen LogP contribution in [0, 0.1) is 5.41 Å². The molecule has 2 saturated carbocycles. The molecule has 0 aliphatic heterocycles. The molecule has 0 amide bonds. The Labute approximate surface area is 87.9 Å². The Hall–Kier alpha value is -0.180. The number of hydrogen-bond acceptors (Lipinski definition) is 2. The van der Waals surface area contributed by atoms with Gasteiger partial charge in [0.25, 0.3) is 0 Å². The van der Waals surface area contributed by atoms with Gasteiger partial charge >= 0.3 is 0 Å². The van der Waals surface area contributed by atoms with Gasteiger partial charge in [0.05, 0.1) is 0 Å². The zero-order valence-electron chi connectivity index (χ0n) is 8.75. The van der Waals surface area contributed by atoms with Crippen LogP contribution in [0.25, 0.3) is 0 Å². The molecule has 2 atom stereocenters. The summed E-state index contributed by atoms with van der Waals surface area (Å²) in [6.45, 7) is 0. The molecule has 2 nitrogen and oxygen atoms in total. The lowest BCUT2D eigenvalue weighted by molar-refractivity contribution is -0.122. The minimum atomic E-state index is -0.823. The van der Waals surface area contributed by atoms with Crippen molar-refractivity contribution in [2.75, 3.05) is 6.26 Å². The van der Waals surface area contributed by atoms with Crippen molar-refractivity contribution in [1.82, 2.24) is 0 Å². The summed E-state index contributed by atoms with van der Waals surface area (Å²) in [5, 5.41) is 0.159. The third kappa shape index (κ3) is 1.67. The predicted molar refractivity (Wildman–Crippen MR) is 57.6 cm³/mol. The fraction of sp³-hybridized carbons (Fsp3) is 0.909. The molecule has 3 heteroatoms. The van der Waals surface area contributed by atoms with E-state index in [1.807, 2.05) is 0 Å². The van der Waals surface area contributed by atoms with Gasteiger partial charge in [-0.1, -0.05) is 12.8 Å². The van der Waals surface area contributed by atoms with Crippen LogP contribution < -0.4 is 0 Å². The fourth-order valence-electron chi connectivity index (χ4n) is 3.20. The summed E-state index contributed by atoms with van der Waals surface area (Å²) in [5.74, 6) is 0.322. The van der Waals surface area contributed by atoms with Crippen molar-refractivity contribution in [2.45, 2.75) is 50.2 Å². The maximum atomic E-state index is 11.7. The van der Waals surface area contributed by atoms with Crippen LogP contribution in [0.4, 0.5) is 0 Å². The Morgan fingerprint density at radius 1 is 1.29 bits per heavy atom. The molecule has 0 bridgehead atoms. The van der Waals surface area contributed by atoms with Crippen molar-refractivity contribution in [2.24, 2.45) is 5.41 Å². The van der Waals surface area contributed by atoms with Crippen LogP contribution >= 0.6 is 0 Å². The highest BCUT2D eigenvalue weighted by atomic mass is 32.2. The zero-order valence-corrected chi connectivity index (χ0v) is 9.57. The summed E-state index contributed by atoms with van der Waals surface area (Å²) in [4.78, 5) is 11.4. The summed E-state index contributed by atoms with van der Waals surface area (Å²) < 4.78 is 11.7. The lowest BCUT2D eigenvalue weighted by Gasteiger charge is -2.39. The summed E-state index contributed by atoms with van der Waals surface area (Å²) in [5.41, 5.74) is 0.271. The molecule has 2 fully saturated rings. The van der Waals surface area contributed by atoms with Gasteiger partial charge in [-0.3, -0.25) is 9.00 Å². The quantitative estimate of drug-likeness (QED) is 0.669. The number of carbonyl (C=O) groups is 1. The summed E-state index contributed by atoms with van der Waals surface area (Å²) in [7, 11) is -0.823. The Balaban J connectivity index is 2.21. The van der Waals surface area contributed by atoms with Crippen molar-refractivity contribution in [1.29, 1.82) is 0 Å². The topological polar surface area (TPSA) is 34.1 Å². The zero-order chi connectivity index (χ0) is 10.2. The van der Waals surface area contributed by atoms with Gasteiger partial charge in [-0.15, -0.1) is 0 Å². The molecule has 14 heavy (non-hydrogen) atoms. The van der Waals surface area contributed by atoms with Gasteiger partial charge in [0.1, 0.15) is 5.78 Å². The molecule has 0 heterocycles. The monoisotopic (exact) mass is 214 g/mol. The molecular formula is C11H18O2S. The van der Waals surface area contributed by atoms with Crippen LogP contribution in [-0.4, -0.2) is 21.5 Å². The number of ketones is 1. The number of rotatable bonds is 1. The Bertz CT molecular complexity index is 266. The van der Waals surface area contributed by atoms with Crippen LogP contribution in [0.1, 0.15) is 44.9 Å². The van der Waals surface area contributed by atoms with Gasteiger partial charge in [0.15, 0.2) is 0 Å². The van der Waals surface area contributed by atoms with Crippen LogP contribution in [0.5, 0.6) is 0 Å². The molecule has 0 aromatic carbocycles. The summed E-state index contributed by atoms with van der Waals surface area (Å²) in [6, 6.07) is 0. The van der Waals surface area contributed by atoms with Crippen molar-refractivity contribution < 1.29 is 9.00 Å². The molecule has 2 aliphatic rings. The first-order valence-corrected chi connectivity index (χ1v) is 7.10. The minimum Gasteiger partial charge on any atom is -0.300 e. The van der Waals surface area contributed by atoms with Crippen LogP contribution in [0.15, 0.2) is 0 Å². The standard InChI is InChI=1S/C11H18O2S/c1-14(13)10-8-9(12)4-7-11(10)5-2-3-6-11/h10H,2-8H2,1H3. The first-order valence-electron chi connectivity index (χ1n) is 5.48. The Kier molecular flexibility index (Phi) is 2.78. The average molecular weight is 214 g/mol. The van der Waals surface area contributed by atoms with Crippen molar-refractivity contribution in [3.05, 3.63) is 0 Å². The highest BCUT2D eigenvalue weighted by Crippen LogP contribution is 2.49. The van der Waals surface area contributed by atoms with E-state index in [1.165, 1.54) is 25.7 Å². The minimum absolute atomic E-state index is 0.159. The second-order valence-electron chi connectivity index (χ2n) is 4.80. The summed E-state index contributed by atoms with van der Waals surface area (Å²) in [6.07, 6.45) is 9.00. The fourth-order valence-corrected chi connectivity index (χ4v) is 4.67. The van der Waals surface area contributed by atoms with E-state index in [9.17, 15) is 9.00 Å². The van der Waals surface area contributed by atoms with E-state index in [1.54, 1.807) is 6.26 Å². The van der Waals surface area contributed by atoms with E-state index in [2.05, 4.69) is 0 Å². The molecule has 0 aromatic rings. The average Bonchev–Trinajstić information content (AvgIpc) is 2.59. The van der Waals surface area contributed by atoms with Crippen LogP contribution in [0.2, 0.25) is 0 Å². The SMILES string of the molecule is CS(=O)C1CC(=O)CCC12CCCC2. The molecule has 2 rings (SSSR count). The smallest absolute Gasteiger partial charge is 0.134 e. The van der Waals surface area contributed by atoms with E-state index in [-0.39, 0.29) is 10.7 Å². The van der Waals surface area contributed by atoms with Gasteiger partial charge in [-0.2, -0.15) is 0 Å². The molecule has 0 radical (unpaired) electrons. The van der Waals surface area contributed by atoms with E-state index in [0.717, 1.165) is 12.8 Å². The predicted octanol–water partition coefficient (Wildman–Crippen LogP) is 2.05. The highest BCUT2D eigenvalue weighted by Gasteiger charge is 2.46. The first-order chi connectivity index (χ1) is 6.64. The molecule has 0 saturated heterocycles. The highest BCUT2D eigenvalue weighted by molar-refractivity contribution is 7.85. The molecule has 0 N–H and O–H groups in total. The van der Waals surface area contributed by atoms with E-state index >= 15 is 0 Å². The second-order valence-corrected chi connectivity index (χ2v) is 6.37. The molecule has 80 valence electrons. The van der Waals surface area contributed by atoms with Crippen molar-refractivity contribution in [3.8, 4) is 0 Å². The van der Waals surface area contributed by atoms with Crippen LogP contribution in [0.3, 0.4) is 0 Å². The lowest BCUT2D eigenvalue weighted by Crippen LogP contribution is -2.41. The van der Waals surface area contributed by atoms with E-state index in [0.29, 0.717) is 12.2 Å². The van der Waals surface area contributed by atoms with E-state index in [4.69, 9.17) is 0 Å². The number of hydrogen-bond donors (Lipinski definition) is 0. The van der Waals surface area contributed by atoms with Crippen molar-refractivity contribution in [3.63, 3.8) is 0 Å². The number of carbonyl (C=O) groups excluding carboxylic acids is 1. The van der Waals surface area contributed by atoms with Gasteiger partial charge in [0.2, 0.25) is 0 Å². The molecule has 2 unspecified atom stereocenters. The van der Waals surface area contributed by atoms with Gasteiger partial charge < -0.3 is 0 Å². The third-order valence-electron chi connectivity index (χ3n) is 4.00. The van der Waals surface area contributed by atoms with E-state index < -0.39 is 10.8 Å². The normalized spacial score (nSPS) is 33.5. The van der Waals surface area contributed by atoms with Gasteiger partial charge in [-0.05, 0) is 24.7 Å². The maximum absolute atomic E-state index is 11.7.